The van der Waals surface area contributed by atoms with E-state index in [0.29, 0.717) is 23.1 Å². The number of carbonyl (C=O) groups is 2. The third kappa shape index (κ3) is 1.86. The molecule has 1 aliphatic carbocycles. The van der Waals surface area contributed by atoms with Crippen molar-refractivity contribution in [2.45, 2.75) is 30.7 Å². The fourth-order valence-corrected chi connectivity index (χ4v) is 3.80. The van der Waals surface area contributed by atoms with Gasteiger partial charge in [-0.2, -0.15) is 0 Å². The number of rotatable bonds is 0. The van der Waals surface area contributed by atoms with Gasteiger partial charge in [-0.1, -0.05) is 40.2 Å². The highest BCUT2D eigenvalue weighted by atomic mass is 79.9. The van der Waals surface area contributed by atoms with E-state index in [1.165, 1.54) is 0 Å². The Morgan fingerprint density at radius 3 is 2.37 bits per heavy atom. The van der Waals surface area contributed by atoms with Crippen LogP contribution in [0.1, 0.15) is 41.0 Å². The minimum absolute atomic E-state index is 0.109. The standard InChI is InChI=1S/C15H13BrO3/c1-15(2)7-10(16)11-12(17)8-5-3-4-6-9(8)13(18)14(11)19-15/h3-6,10H,7H2,1-2H3. The molecular formula is C15H13BrO3. The van der Waals surface area contributed by atoms with E-state index in [2.05, 4.69) is 15.9 Å². The summed E-state index contributed by atoms with van der Waals surface area (Å²) >= 11 is 3.51. The van der Waals surface area contributed by atoms with Crippen LogP contribution in [-0.4, -0.2) is 22.0 Å². The second kappa shape index (κ2) is 4.04. The summed E-state index contributed by atoms with van der Waals surface area (Å²) in [4.78, 5) is 24.8. The summed E-state index contributed by atoms with van der Waals surface area (Å²) in [7, 11) is 0. The van der Waals surface area contributed by atoms with Crippen molar-refractivity contribution in [3.63, 3.8) is 0 Å². The molecule has 4 heteroatoms. The van der Waals surface area contributed by atoms with Gasteiger partial charge >= 0.3 is 0 Å². The number of carbonyl (C=O) groups excluding carboxylic acids is 2. The highest BCUT2D eigenvalue weighted by molar-refractivity contribution is 9.09. The summed E-state index contributed by atoms with van der Waals surface area (Å²) < 4.78 is 5.77. The average Bonchev–Trinajstić information content (AvgIpc) is 2.34. The van der Waals surface area contributed by atoms with Crippen LogP contribution >= 0.6 is 15.9 Å². The Labute approximate surface area is 119 Å². The Kier molecular flexibility index (Phi) is 2.68. The van der Waals surface area contributed by atoms with Gasteiger partial charge in [0.25, 0.3) is 0 Å². The third-order valence-corrected chi connectivity index (χ3v) is 4.26. The Hall–Kier alpha value is -1.42. The molecule has 3 nitrogen and oxygen atoms in total. The van der Waals surface area contributed by atoms with E-state index in [0.717, 1.165) is 0 Å². The Balaban J connectivity index is 2.20. The van der Waals surface area contributed by atoms with Crippen LogP contribution in [0.2, 0.25) is 0 Å². The summed E-state index contributed by atoms with van der Waals surface area (Å²) in [5.74, 6) is -0.0909. The van der Waals surface area contributed by atoms with E-state index in [9.17, 15) is 9.59 Å². The minimum Gasteiger partial charge on any atom is -0.483 e. The maximum absolute atomic E-state index is 12.5. The molecular weight excluding hydrogens is 308 g/mol. The zero-order chi connectivity index (χ0) is 13.8. The predicted molar refractivity (Wildman–Crippen MR) is 74.6 cm³/mol. The molecule has 1 heterocycles. The fraction of sp³-hybridized carbons (Fsp3) is 0.333. The van der Waals surface area contributed by atoms with E-state index in [1.54, 1.807) is 24.3 Å². The van der Waals surface area contributed by atoms with Crippen molar-refractivity contribution < 1.29 is 14.3 Å². The normalized spacial score (nSPS) is 24.7. The number of ketones is 2. The topological polar surface area (TPSA) is 43.4 Å². The molecule has 2 aliphatic rings. The van der Waals surface area contributed by atoms with Crippen LogP contribution in [0, 0.1) is 0 Å². The lowest BCUT2D eigenvalue weighted by molar-refractivity contribution is 0.0123. The van der Waals surface area contributed by atoms with Crippen molar-refractivity contribution in [1.29, 1.82) is 0 Å². The van der Waals surface area contributed by atoms with Crippen LogP contribution in [0.3, 0.4) is 0 Å². The molecule has 1 aromatic carbocycles. The molecule has 0 saturated heterocycles. The summed E-state index contributed by atoms with van der Waals surface area (Å²) in [6, 6.07) is 6.90. The Morgan fingerprint density at radius 2 is 1.74 bits per heavy atom. The summed E-state index contributed by atoms with van der Waals surface area (Å²) in [5, 5.41) is 0. The number of alkyl halides is 1. The van der Waals surface area contributed by atoms with Gasteiger partial charge < -0.3 is 4.74 Å². The third-order valence-electron chi connectivity index (χ3n) is 3.47. The first-order valence-electron chi connectivity index (χ1n) is 6.16. The zero-order valence-corrected chi connectivity index (χ0v) is 12.3. The van der Waals surface area contributed by atoms with Crippen LogP contribution in [0.15, 0.2) is 35.6 Å². The molecule has 0 spiro atoms. The first-order chi connectivity index (χ1) is 8.91. The molecule has 0 aromatic heterocycles. The highest BCUT2D eigenvalue weighted by Gasteiger charge is 2.43. The first-order valence-corrected chi connectivity index (χ1v) is 7.08. The Morgan fingerprint density at radius 1 is 1.16 bits per heavy atom. The van der Waals surface area contributed by atoms with Crippen LogP contribution in [0.5, 0.6) is 0 Å². The van der Waals surface area contributed by atoms with E-state index < -0.39 is 5.60 Å². The van der Waals surface area contributed by atoms with Crippen molar-refractivity contribution >= 4 is 27.5 Å². The van der Waals surface area contributed by atoms with Crippen molar-refractivity contribution in [2.24, 2.45) is 0 Å². The number of fused-ring (bicyclic) bond motifs is 1. The minimum atomic E-state index is -0.449. The number of Topliss-reactive ketones (excluding diaryl/α,β-unsaturated/α-hetero) is 2. The van der Waals surface area contributed by atoms with Crippen molar-refractivity contribution in [3.8, 4) is 0 Å². The van der Waals surface area contributed by atoms with E-state index >= 15 is 0 Å². The number of hydrogen-bond donors (Lipinski definition) is 0. The maximum Gasteiger partial charge on any atom is 0.228 e. The maximum atomic E-state index is 12.5. The van der Waals surface area contributed by atoms with Crippen LogP contribution in [0.4, 0.5) is 0 Å². The lowest BCUT2D eigenvalue weighted by Gasteiger charge is -2.37. The summed E-state index contributed by atoms with van der Waals surface area (Å²) in [6.45, 7) is 3.84. The molecule has 1 atom stereocenters. The average molecular weight is 321 g/mol. The van der Waals surface area contributed by atoms with Gasteiger partial charge in [0.05, 0.1) is 10.4 Å². The molecule has 1 unspecified atom stereocenters. The number of halogens is 1. The number of hydrogen-bond acceptors (Lipinski definition) is 3. The zero-order valence-electron chi connectivity index (χ0n) is 10.7. The van der Waals surface area contributed by atoms with Gasteiger partial charge in [0.15, 0.2) is 11.5 Å². The van der Waals surface area contributed by atoms with Crippen molar-refractivity contribution in [3.05, 3.63) is 46.7 Å². The second-order valence-electron chi connectivity index (χ2n) is 5.48. The number of benzene rings is 1. The SMILES string of the molecule is CC1(C)CC(Br)C2=C(O1)C(=O)c1ccccc1C2=O. The van der Waals surface area contributed by atoms with E-state index in [4.69, 9.17) is 4.74 Å². The van der Waals surface area contributed by atoms with E-state index in [-0.39, 0.29) is 22.2 Å². The van der Waals surface area contributed by atoms with E-state index in [1.807, 2.05) is 13.8 Å². The van der Waals surface area contributed by atoms with Gasteiger partial charge in [-0.25, -0.2) is 0 Å². The summed E-state index contributed by atoms with van der Waals surface area (Å²) in [5.41, 5.74) is 0.917. The van der Waals surface area contributed by atoms with Gasteiger partial charge in [0.2, 0.25) is 5.78 Å². The van der Waals surface area contributed by atoms with Crippen LogP contribution < -0.4 is 0 Å². The lowest BCUT2D eigenvalue weighted by Crippen LogP contribution is -2.40. The van der Waals surface area contributed by atoms with Gasteiger partial charge in [-0.3, -0.25) is 9.59 Å². The van der Waals surface area contributed by atoms with Gasteiger partial charge in [-0.15, -0.1) is 0 Å². The lowest BCUT2D eigenvalue weighted by atomic mass is 9.82. The molecule has 19 heavy (non-hydrogen) atoms. The van der Waals surface area contributed by atoms with Gasteiger partial charge in [0, 0.05) is 17.5 Å². The van der Waals surface area contributed by atoms with Crippen LogP contribution in [0.25, 0.3) is 0 Å². The predicted octanol–water partition coefficient (Wildman–Crippen LogP) is 3.28. The highest BCUT2D eigenvalue weighted by Crippen LogP contribution is 2.41. The largest absolute Gasteiger partial charge is 0.483 e. The second-order valence-corrected chi connectivity index (χ2v) is 6.59. The van der Waals surface area contributed by atoms with Crippen LogP contribution in [-0.2, 0) is 4.74 Å². The van der Waals surface area contributed by atoms with Gasteiger partial charge in [-0.05, 0) is 13.8 Å². The smallest absolute Gasteiger partial charge is 0.228 e. The molecule has 0 radical (unpaired) electrons. The first kappa shape index (κ1) is 12.6. The molecule has 1 aromatic rings. The van der Waals surface area contributed by atoms with Gasteiger partial charge in [0.1, 0.15) is 5.60 Å². The Bertz CT molecular complexity index is 628. The molecule has 0 amide bonds. The van der Waals surface area contributed by atoms with Crippen molar-refractivity contribution in [1.82, 2.24) is 0 Å². The van der Waals surface area contributed by atoms with Crippen molar-refractivity contribution in [2.75, 3.05) is 0 Å². The molecule has 0 saturated carbocycles. The molecule has 0 bridgehead atoms. The summed E-state index contributed by atoms with van der Waals surface area (Å²) in [6.07, 6.45) is 0.660. The number of ether oxygens (including phenoxy) is 1. The molecule has 98 valence electrons. The number of allylic oxidation sites excluding steroid dienone is 2. The monoisotopic (exact) mass is 320 g/mol. The molecule has 0 fully saturated rings. The molecule has 1 aliphatic heterocycles. The molecule has 3 rings (SSSR count). The molecule has 0 N–H and O–H groups in total. The fourth-order valence-electron chi connectivity index (χ4n) is 2.61. The quantitative estimate of drug-likeness (QED) is 0.689.